The van der Waals surface area contributed by atoms with Gasteiger partial charge in [0, 0.05) is 37.2 Å². The van der Waals surface area contributed by atoms with Crippen LogP contribution in [0.2, 0.25) is 0 Å². The number of piperazine rings is 1. The monoisotopic (exact) mass is 681 g/mol. The van der Waals surface area contributed by atoms with E-state index in [1.165, 1.54) is 59.0 Å². The highest BCUT2D eigenvalue weighted by Gasteiger charge is 2.36. The normalized spacial score (nSPS) is 15.9. The number of aromatic nitrogens is 1. The van der Waals surface area contributed by atoms with Gasteiger partial charge in [-0.15, -0.1) is 0 Å². The van der Waals surface area contributed by atoms with E-state index in [9.17, 15) is 26.8 Å². The van der Waals surface area contributed by atoms with E-state index in [1.807, 2.05) is 0 Å². The number of carbonyl (C=O) groups is 2. The van der Waals surface area contributed by atoms with Crippen LogP contribution in [0.4, 0.5) is 23.7 Å². The Morgan fingerprint density at radius 3 is 2.27 bits per heavy atom. The topological polar surface area (TPSA) is 130 Å². The van der Waals surface area contributed by atoms with Crippen molar-refractivity contribution in [2.45, 2.75) is 35.7 Å². The number of benzene rings is 3. The number of pyridine rings is 1. The zero-order valence-corrected chi connectivity index (χ0v) is 26.7. The predicted octanol–water partition coefficient (Wildman–Crippen LogP) is 4.59. The molecular weight excluding hydrogens is 647 g/mol. The summed E-state index contributed by atoms with van der Waals surface area (Å²) in [4.78, 5) is 30.6. The van der Waals surface area contributed by atoms with Gasteiger partial charge < -0.3 is 20.7 Å². The molecule has 0 unspecified atom stereocenters. The summed E-state index contributed by atoms with van der Waals surface area (Å²) >= 11 is 0. The minimum Gasteiger partial charge on any atom is -0.453 e. The van der Waals surface area contributed by atoms with Gasteiger partial charge in [-0.3, -0.25) is 9.78 Å². The largest absolute Gasteiger partial charge is 0.453 e. The smallest absolute Gasteiger partial charge is 0.407 e. The molecule has 0 saturated carbocycles. The molecule has 2 heterocycles. The summed E-state index contributed by atoms with van der Waals surface area (Å²) in [6.07, 6.45) is 1.44. The molecular formula is C34H34F3N5O5S. The van der Waals surface area contributed by atoms with Gasteiger partial charge in [-0.2, -0.15) is 4.31 Å². The van der Waals surface area contributed by atoms with E-state index in [4.69, 9.17) is 4.74 Å². The lowest BCUT2D eigenvalue weighted by Crippen LogP contribution is -2.53. The fraction of sp³-hybridized carbons (Fsp3) is 0.265. The summed E-state index contributed by atoms with van der Waals surface area (Å²) in [7, 11) is -2.74. The molecule has 2 amide bonds. The molecule has 1 aromatic heterocycles. The Morgan fingerprint density at radius 1 is 0.979 bits per heavy atom. The molecule has 1 fully saturated rings. The molecule has 1 aliphatic rings. The van der Waals surface area contributed by atoms with Crippen LogP contribution in [0.15, 0.2) is 96.2 Å². The Labute approximate surface area is 276 Å². The lowest BCUT2D eigenvalue weighted by molar-refractivity contribution is -0.118. The number of nitrogens with one attached hydrogen (secondary N) is 3. The van der Waals surface area contributed by atoms with Crippen LogP contribution >= 0.6 is 0 Å². The number of nitrogens with zero attached hydrogens (tertiary/aromatic N) is 2. The van der Waals surface area contributed by atoms with Crippen molar-refractivity contribution >= 4 is 27.7 Å². The first kappa shape index (κ1) is 34.5. The third-order valence-electron chi connectivity index (χ3n) is 8.13. The fourth-order valence-electron chi connectivity index (χ4n) is 5.84. The number of alkyl carbamates (subject to hydrolysis) is 1. The highest BCUT2D eigenvalue weighted by molar-refractivity contribution is 7.89. The Kier molecular flexibility index (Phi) is 11.1. The van der Waals surface area contributed by atoms with Gasteiger partial charge in [-0.25, -0.2) is 26.4 Å². The minimum atomic E-state index is -3.84. The van der Waals surface area contributed by atoms with Crippen LogP contribution in [0.5, 0.6) is 0 Å². The van der Waals surface area contributed by atoms with Crippen molar-refractivity contribution in [3.8, 4) is 0 Å². The number of methoxy groups -OCH3 is 1. The summed E-state index contributed by atoms with van der Waals surface area (Å²) in [6, 6.07) is 16.6. The summed E-state index contributed by atoms with van der Waals surface area (Å²) in [6.45, 7) is 0.987. The Balaban J connectivity index is 1.44. The van der Waals surface area contributed by atoms with Crippen molar-refractivity contribution in [2.75, 3.05) is 32.1 Å². The van der Waals surface area contributed by atoms with Gasteiger partial charge in [-0.05, 0) is 60.4 Å². The van der Waals surface area contributed by atoms with Crippen LogP contribution in [0, 0.1) is 17.5 Å². The molecule has 252 valence electrons. The molecule has 4 aromatic rings. The second-order valence-corrected chi connectivity index (χ2v) is 13.1. The maximum absolute atomic E-state index is 15.4. The number of amides is 2. The Morgan fingerprint density at radius 2 is 1.65 bits per heavy atom. The van der Waals surface area contributed by atoms with Crippen molar-refractivity contribution in [3.63, 3.8) is 0 Å². The van der Waals surface area contributed by atoms with Gasteiger partial charge in [-0.1, -0.05) is 42.5 Å². The van der Waals surface area contributed by atoms with Crippen LogP contribution in [-0.4, -0.2) is 68.5 Å². The summed E-state index contributed by atoms with van der Waals surface area (Å²) < 4.78 is 77.3. The molecule has 3 aromatic carbocycles. The summed E-state index contributed by atoms with van der Waals surface area (Å²) in [5, 5.41) is 8.29. The van der Waals surface area contributed by atoms with Crippen LogP contribution in [0.25, 0.3) is 0 Å². The number of ether oxygens (including phenoxy) is 1. The second-order valence-electron chi connectivity index (χ2n) is 11.2. The zero-order chi connectivity index (χ0) is 34.3. The van der Waals surface area contributed by atoms with E-state index < -0.39 is 57.5 Å². The molecule has 0 spiro atoms. The Hall–Kier alpha value is -4.79. The molecule has 1 aliphatic heterocycles. The van der Waals surface area contributed by atoms with Crippen molar-refractivity contribution in [1.82, 2.24) is 19.9 Å². The molecule has 0 aliphatic carbocycles. The average molecular weight is 682 g/mol. The number of sulfonamides is 1. The van der Waals surface area contributed by atoms with E-state index in [-0.39, 0.29) is 46.7 Å². The van der Waals surface area contributed by atoms with Crippen LogP contribution in [-0.2, 0) is 26.0 Å². The fourth-order valence-corrected chi connectivity index (χ4v) is 7.52. The highest BCUT2D eigenvalue weighted by atomic mass is 32.2. The number of carbonyl (C=O) groups excluding carboxylic acids is 2. The molecule has 14 heteroatoms. The first-order chi connectivity index (χ1) is 23.1. The lowest BCUT2D eigenvalue weighted by atomic mass is 9.84. The molecule has 10 nitrogen and oxygen atoms in total. The number of rotatable bonds is 11. The van der Waals surface area contributed by atoms with Gasteiger partial charge in [0.1, 0.15) is 23.5 Å². The van der Waals surface area contributed by atoms with E-state index in [2.05, 4.69) is 20.9 Å². The molecule has 0 bridgehead atoms. The number of halogens is 3. The molecule has 48 heavy (non-hydrogen) atoms. The van der Waals surface area contributed by atoms with E-state index in [1.54, 1.807) is 18.2 Å². The van der Waals surface area contributed by atoms with Gasteiger partial charge in [0.15, 0.2) is 0 Å². The lowest BCUT2D eigenvalue weighted by Gasteiger charge is -2.35. The predicted molar refractivity (Wildman–Crippen MR) is 172 cm³/mol. The van der Waals surface area contributed by atoms with Crippen LogP contribution in [0.1, 0.15) is 29.0 Å². The van der Waals surface area contributed by atoms with Gasteiger partial charge in [0.2, 0.25) is 15.9 Å². The van der Waals surface area contributed by atoms with Gasteiger partial charge in [0.05, 0.1) is 30.1 Å². The highest BCUT2D eigenvalue weighted by Crippen LogP contribution is 2.31. The van der Waals surface area contributed by atoms with Crippen molar-refractivity contribution in [3.05, 3.63) is 125 Å². The molecule has 0 radical (unpaired) electrons. The molecule has 3 N–H and O–H groups in total. The van der Waals surface area contributed by atoms with E-state index in [0.29, 0.717) is 13.1 Å². The molecule has 1 saturated heterocycles. The first-order valence-electron chi connectivity index (χ1n) is 15.1. The molecule has 2 atom stereocenters. The van der Waals surface area contributed by atoms with Crippen LogP contribution < -0.4 is 16.0 Å². The maximum atomic E-state index is 15.4. The number of hydrogen-bond acceptors (Lipinski definition) is 7. The van der Waals surface area contributed by atoms with Crippen molar-refractivity contribution in [1.29, 1.82) is 0 Å². The maximum Gasteiger partial charge on any atom is 0.407 e. The van der Waals surface area contributed by atoms with Gasteiger partial charge >= 0.3 is 6.09 Å². The Bertz CT molecular complexity index is 1820. The minimum absolute atomic E-state index is 0.0173. The average Bonchev–Trinajstić information content (AvgIpc) is 3.08. The van der Waals surface area contributed by atoms with E-state index in [0.717, 1.165) is 25.4 Å². The standard InChI is InChI=1S/C34H34F3N5O5S/c1-47-34(44)41-32(31(22-7-5-9-24(35)17-22)23-8-6-10-25(36)18-23)33(43)40-30-21-39-20-29(37)28(30)14-13-26-19-38-15-16-42(26)48(45,46)27-11-3-2-4-12-27/h2-12,17-18,20-21,26,31-32,38H,13-16,19H2,1H3,(H,40,43)(H,41,44)/t26-,32-/m0/s1. The molecule has 5 rings (SSSR count). The van der Waals surface area contributed by atoms with E-state index >= 15 is 4.39 Å². The van der Waals surface area contributed by atoms with Crippen molar-refractivity contribution < 1.29 is 35.9 Å². The number of anilines is 1. The summed E-state index contributed by atoms with van der Waals surface area (Å²) in [5.74, 6) is -3.93. The summed E-state index contributed by atoms with van der Waals surface area (Å²) in [5.41, 5.74) is 0.541. The third kappa shape index (κ3) is 8.01. The van der Waals surface area contributed by atoms with Crippen LogP contribution in [0.3, 0.4) is 0 Å². The SMILES string of the molecule is COC(=O)N[C@H](C(=O)Nc1cncc(F)c1CC[C@H]1CNCCN1S(=O)(=O)c1ccccc1)C(c1cccc(F)c1)c1cccc(F)c1. The second kappa shape index (κ2) is 15.4. The third-order valence-corrected chi connectivity index (χ3v) is 10.1. The zero-order valence-electron chi connectivity index (χ0n) is 25.9. The van der Waals surface area contributed by atoms with Crippen molar-refractivity contribution in [2.24, 2.45) is 0 Å². The van der Waals surface area contributed by atoms with Gasteiger partial charge in [0.25, 0.3) is 0 Å². The quantitative estimate of drug-likeness (QED) is 0.211. The number of hydrogen-bond donors (Lipinski definition) is 3. The first-order valence-corrected chi connectivity index (χ1v) is 16.6.